The van der Waals surface area contributed by atoms with Gasteiger partial charge in [0.15, 0.2) is 0 Å². The Morgan fingerprint density at radius 2 is 0.727 bits per heavy atom. The Morgan fingerprint density at radius 1 is 0.545 bits per heavy atom. The van der Waals surface area contributed by atoms with E-state index in [-0.39, 0.29) is 0 Å². The zero-order valence-electron chi connectivity index (χ0n) is 9.43. The molecule has 0 amide bonds. The molecular weight excluding hydrogens is 350 g/mol. The molecule has 6 nitrogen and oxygen atoms in total. The summed E-state index contributed by atoms with van der Waals surface area (Å²) in [6, 6.07) is 0. The van der Waals surface area contributed by atoms with Crippen molar-refractivity contribution in [2.24, 2.45) is 0 Å². The summed E-state index contributed by atoms with van der Waals surface area (Å²) in [6.45, 7) is 0. The van der Waals surface area contributed by atoms with E-state index in [0.29, 0.717) is 0 Å². The molecule has 0 spiro atoms. The third-order valence-electron chi connectivity index (χ3n) is 1.30. The molecule has 0 rings (SSSR count). The largest absolute Gasteiger partial charge is 0.870 e. The van der Waals surface area contributed by atoms with Gasteiger partial charge in [-0.1, -0.05) is 0 Å². The van der Waals surface area contributed by atoms with Crippen molar-refractivity contribution in [1.29, 1.82) is 0 Å². The quantitative estimate of drug-likeness (QED) is 0.564. The van der Waals surface area contributed by atoms with Crippen LogP contribution in [0.3, 0.4) is 0 Å². The predicted octanol–water partition coefficient (Wildman–Crippen LogP) is 1.29. The van der Waals surface area contributed by atoms with Gasteiger partial charge in [0.05, 0.1) is 0 Å². The first kappa shape index (κ1) is 19.8. The lowest BCUT2D eigenvalue weighted by atomic mass is 10.2. The van der Waals surface area contributed by atoms with E-state index in [1.54, 1.807) is 0 Å². The van der Waals surface area contributed by atoms with Crippen LogP contribution in [0.25, 0.3) is 0 Å². The highest BCUT2D eigenvalue weighted by atomic mass is 19.4. The van der Waals surface area contributed by atoms with Gasteiger partial charge in [-0.2, -0.15) is 39.5 Å². The SMILES string of the molecule is O=C(OB(OC(=O)C(F)(F)F)OC(=O)C(F)(F)F)C(F)(F)F. The normalized spacial score (nSPS) is 12.4. The maximum absolute atomic E-state index is 11.8. The van der Waals surface area contributed by atoms with E-state index in [1.165, 1.54) is 0 Å². The van der Waals surface area contributed by atoms with Gasteiger partial charge in [0.2, 0.25) is 0 Å². The van der Waals surface area contributed by atoms with Gasteiger partial charge in [-0.15, -0.1) is 0 Å². The first-order valence-electron chi connectivity index (χ1n) is 4.38. The number of carbonyl (C=O) groups excluding carboxylic acids is 3. The molecule has 0 aromatic carbocycles. The van der Waals surface area contributed by atoms with E-state index in [2.05, 4.69) is 14.0 Å². The van der Waals surface area contributed by atoms with Gasteiger partial charge in [-0.05, 0) is 0 Å². The Hall–Kier alpha value is -2.16. The molecule has 0 aromatic rings. The Labute approximate surface area is 113 Å². The molecular formula is C6BF9O6. The molecule has 0 bridgehead atoms. The fourth-order valence-electron chi connectivity index (χ4n) is 0.535. The highest BCUT2D eigenvalue weighted by Crippen LogP contribution is 2.22. The van der Waals surface area contributed by atoms with Gasteiger partial charge in [-0.3, -0.25) is 0 Å². The molecule has 0 saturated heterocycles. The maximum Gasteiger partial charge on any atom is 0.870 e. The molecule has 16 heteroatoms. The van der Waals surface area contributed by atoms with Crippen LogP contribution in [0.1, 0.15) is 0 Å². The molecule has 22 heavy (non-hydrogen) atoms. The first-order valence-corrected chi connectivity index (χ1v) is 4.38. The van der Waals surface area contributed by atoms with Crippen LogP contribution in [0.15, 0.2) is 0 Å². The monoisotopic (exact) mass is 350 g/mol. The van der Waals surface area contributed by atoms with Crippen LogP contribution < -0.4 is 0 Å². The second-order valence-electron chi connectivity index (χ2n) is 3.00. The van der Waals surface area contributed by atoms with Gasteiger partial charge in [0, 0.05) is 0 Å². The minimum atomic E-state index is -5.88. The maximum atomic E-state index is 11.8. The van der Waals surface area contributed by atoms with Gasteiger partial charge in [0.25, 0.3) is 0 Å². The van der Waals surface area contributed by atoms with Crippen molar-refractivity contribution in [2.75, 3.05) is 0 Å². The lowest BCUT2D eigenvalue weighted by molar-refractivity contribution is -0.206. The topological polar surface area (TPSA) is 78.9 Å². The highest BCUT2D eigenvalue weighted by molar-refractivity contribution is 6.44. The van der Waals surface area contributed by atoms with Crippen LogP contribution in [-0.2, 0) is 28.3 Å². The Bertz CT molecular complexity index is 384. The van der Waals surface area contributed by atoms with E-state index < -0.39 is 43.8 Å². The van der Waals surface area contributed by atoms with Crippen molar-refractivity contribution in [1.82, 2.24) is 0 Å². The minimum absolute atomic E-state index is 2.90. The smallest absolute Gasteiger partial charge is 0.455 e. The predicted molar refractivity (Wildman–Crippen MR) is 42.2 cm³/mol. The molecule has 0 heterocycles. The molecule has 0 fully saturated rings. The van der Waals surface area contributed by atoms with Crippen molar-refractivity contribution in [2.45, 2.75) is 18.5 Å². The summed E-state index contributed by atoms with van der Waals surface area (Å²) < 4.78 is 114. The number of hydrogen-bond donors (Lipinski definition) is 0. The van der Waals surface area contributed by atoms with Crippen LogP contribution in [0, 0.1) is 0 Å². The number of halogens is 9. The summed E-state index contributed by atoms with van der Waals surface area (Å²) in [5, 5.41) is 0. The van der Waals surface area contributed by atoms with Crippen molar-refractivity contribution >= 4 is 25.2 Å². The van der Waals surface area contributed by atoms with Crippen LogP contribution in [0.5, 0.6) is 0 Å². The molecule has 0 unspecified atom stereocenters. The van der Waals surface area contributed by atoms with E-state index >= 15 is 0 Å². The standard InChI is InChI=1S/C6BF9O6/c8-4(9,10)1(17)20-7(21-2(18)5(11,12)13)22-3(19)6(14,15)16. The second kappa shape index (κ2) is 6.31. The van der Waals surface area contributed by atoms with Gasteiger partial charge >= 0.3 is 43.8 Å². The van der Waals surface area contributed by atoms with E-state index in [1.807, 2.05) is 0 Å². The van der Waals surface area contributed by atoms with Gasteiger partial charge in [-0.25, -0.2) is 14.4 Å². The van der Waals surface area contributed by atoms with E-state index in [4.69, 9.17) is 0 Å². The van der Waals surface area contributed by atoms with Crippen LogP contribution in [0.2, 0.25) is 0 Å². The van der Waals surface area contributed by atoms with Crippen LogP contribution in [-0.4, -0.2) is 43.8 Å². The summed E-state index contributed by atoms with van der Waals surface area (Å²) >= 11 is 0. The summed E-state index contributed by atoms with van der Waals surface area (Å²) in [5.74, 6) is -10.1. The average molecular weight is 350 g/mol. The number of rotatable bonds is 3. The Kier molecular flexibility index (Phi) is 5.69. The number of carbonyl (C=O) groups is 3. The fourth-order valence-corrected chi connectivity index (χ4v) is 0.535. The molecule has 0 radical (unpaired) electrons. The zero-order valence-corrected chi connectivity index (χ0v) is 9.43. The van der Waals surface area contributed by atoms with Gasteiger partial charge in [0.1, 0.15) is 0 Å². The second-order valence-corrected chi connectivity index (χ2v) is 3.00. The van der Waals surface area contributed by atoms with Crippen molar-refractivity contribution in [3.05, 3.63) is 0 Å². The molecule has 0 atom stereocenters. The molecule has 0 aliphatic rings. The lowest BCUT2D eigenvalue weighted by Gasteiger charge is -2.15. The third-order valence-corrected chi connectivity index (χ3v) is 1.30. The van der Waals surface area contributed by atoms with E-state index in [9.17, 15) is 53.9 Å². The van der Waals surface area contributed by atoms with Crippen molar-refractivity contribution in [3.8, 4) is 0 Å². The third kappa shape index (κ3) is 6.53. The zero-order chi connectivity index (χ0) is 17.9. The molecule has 126 valence electrons. The summed E-state index contributed by atoms with van der Waals surface area (Å²) in [7, 11) is -3.85. The Morgan fingerprint density at radius 3 is 0.864 bits per heavy atom. The minimum Gasteiger partial charge on any atom is -0.455 e. The van der Waals surface area contributed by atoms with Crippen LogP contribution in [0.4, 0.5) is 39.5 Å². The molecule has 0 aromatic heterocycles. The summed E-state index contributed by atoms with van der Waals surface area (Å²) in [4.78, 5) is 30.7. The number of hydrogen-bond acceptors (Lipinski definition) is 6. The summed E-state index contributed by atoms with van der Waals surface area (Å²) in [6.07, 6.45) is -17.6. The molecule has 0 aliphatic carbocycles. The van der Waals surface area contributed by atoms with Crippen molar-refractivity contribution in [3.63, 3.8) is 0 Å². The first-order chi connectivity index (χ1) is 9.55. The van der Waals surface area contributed by atoms with Crippen LogP contribution >= 0.6 is 0 Å². The number of alkyl halides is 9. The fraction of sp³-hybridized carbons (Fsp3) is 0.500. The Balaban J connectivity index is 5.12. The van der Waals surface area contributed by atoms with E-state index in [0.717, 1.165) is 0 Å². The summed E-state index contributed by atoms with van der Waals surface area (Å²) in [5.41, 5.74) is 0. The molecule has 0 aliphatic heterocycles. The molecule has 0 saturated carbocycles. The van der Waals surface area contributed by atoms with Gasteiger partial charge < -0.3 is 14.0 Å². The lowest BCUT2D eigenvalue weighted by Crippen LogP contribution is -2.44. The average Bonchev–Trinajstić information content (AvgIpc) is 2.24. The van der Waals surface area contributed by atoms with Crippen molar-refractivity contribution < 1.29 is 67.9 Å². The molecule has 0 N–H and O–H groups in total. The highest BCUT2D eigenvalue weighted by Gasteiger charge is 2.54.